The zero-order chi connectivity index (χ0) is 22.3. The maximum absolute atomic E-state index is 13.6. The summed E-state index contributed by atoms with van der Waals surface area (Å²) in [6, 6.07) is 12.6. The largest absolute Gasteiger partial charge is 0.491 e. The SMILES string of the molecule is [CH2]CCCc1cc(Cl)c(OCC2(C(=O)N3CCN(C4CC4)c4ccccc43)CC2)cc1Cl. The third-order valence-corrected chi connectivity index (χ3v) is 7.53. The number of benzene rings is 2. The molecule has 1 aliphatic heterocycles. The number of anilines is 2. The van der Waals surface area contributed by atoms with Crippen molar-refractivity contribution in [2.45, 2.75) is 51.0 Å². The number of nitrogens with zero attached hydrogens (tertiary/aromatic N) is 2. The molecule has 1 radical (unpaired) electrons. The van der Waals surface area contributed by atoms with Crippen molar-refractivity contribution in [2.75, 3.05) is 29.5 Å². The molecule has 6 heteroatoms. The molecule has 3 aliphatic rings. The summed E-state index contributed by atoms with van der Waals surface area (Å²) in [4.78, 5) is 18.1. The van der Waals surface area contributed by atoms with Crippen molar-refractivity contribution < 1.29 is 9.53 Å². The molecule has 2 saturated carbocycles. The maximum Gasteiger partial charge on any atom is 0.236 e. The second-order valence-corrected chi connectivity index (χ2v) is 10.1. The molecule has 4 nitrogen and oxygen atoms in total. The highest BCUT2D eigenvalue weighted by Crippen LogP contribution is 2.50. The van der Waals surface area contributed by atoms with E-state index < -0.39 is 5.41 Å². The Balaban J connectivity index is 1.30. The molecule has 5 rings (SSSR count). The number of carbonyl (C=O) groups is 1. The lowest BCUT2D eigenvalue weighted by atomic mass is 10.0. The van der Waals surface area contributed by atoms with Gasteiger partial charge in [-0.05, 0) is 62.3 Å². The van der Waals surface area contributed by atoms with E-state index in [-0.39, 0.29) is 5.91 Å². The smallest absolute Gasteiger partial charge is 0.236 e. The monoisotopic (exact) mass is 471 g/mol. The second-order valence-electron chi connectivity index (χ2n) is 9.27. The minimum absolute atomic E-state index is 0.162. The van der Waals surface area contributed by atoms with Crippen LogP contribution in [0.5, 0.6) is 5.75 Å². The predicted octanol–water partition coefficient (Wildman–Crippen LogP) is 6.32. The van der Waals surface area contributed by atoms with Crippen molar-refractivity contribution >= 4 is 40.5 Å². The number of ether oxygens (including phenoxy) is 1. The van der Waals surface area contributed by atoms with E-state index in [1.54, 1.807) is 6.07 Å². The number of carbonyl (C=O) groups excluding carboxylic acids is 1. The highest BCUT2D eigenvalue weighted by molar-refractivity contribution is 6.34. The van der Waals surface area contributed by atoms with Crippen molar-refractivity contribution in [3.63, 3.8) is 0 Å². The van der Waals surface area contributed by atoms with E-state index in [1.807, 2.05) is 17.0 Å². The molecule has 1 heterocycles. The highest BCUT2D eigenvalue weighted by Gasteiger charge is 2.54. The van der Waals surface area contributed by atoms with Gasteiger partial charge in [0.15, 0.2) is 0 Å². The Morgan fingerprint density at radius 2 is 1.84 bits per heavy atom. The summed E-state index contributed by atoms with van der Waals surface area (Å²) in [6.07, 6.45) is 6.83. The van der Waals surface area contributed by atoms with Gasteiger partial charge in [-0.3, -0.25) is 4.79 Å². The zero-order valence-electron chi connectivity index (χ0n) is 18.3. The predicted molar refractivity (Wildman–Crippen MR) is 131 cm³/mol. The van der Waals surface area contributed by atoms with E-state index in [2.05, 4.69) is 30.0 Å². The van der Waals surface area contributed by atoms with Crippen LogP contribution in [0.3, 0.4) is 0 Å². The maximum atomic E-state index is 13.6. The molecule has 0 saturated heterocycles. The first-order valence-corrected chi connectivity index (χ1v) is 12.4. The second kappa shape index (κ2) is 8.79. The van der Waals surface area contributed by atoms with Crippen molar-refractivity contribution in [2.24, 2.45) is 5.41 Å². The number of halogens is 2. The number of rotatable bonds is 8. The number of hydrogen-bond acceptors (Lipinski definition) is 3. The number of aryl methyl sites for hydroxylation is 1. The van der Waals surface area contributed by atoms with Gasteiger partial charge in [-0.1, -0.05) is 48.7 Å². The summed E-state index contributed by atoms with van der Waals surface area (Å²) in [5.41, 5.74) is 2.74. The summed E-state index contributed by atoms with van der Waals surface area (Å²) < 4.78 is 6.09. The summed E-state index contributed by atoms with van der Waals surface area (Å²) in [5, 5.41) is 1.19. The van der Waals surface area contributed by atoms with E-state index >= 15 is 0 Å². The van der Waals surface area contributed by atoms with Crippen molar-refractivity contribution in [1.29, 1.82) is 0 Å². The number of fused-ring (bicyclic) bond motifs is 1. The fraction of sp³-hybridized carbons (Fsp3) is 0.462. The van der Waals surface area contributed by atoms with Gasteiger partial charge in [0.2, 0.25) is 5.91 Å². The Bertz CT molecular complexity index is 1020. The summed E-state index contributed by atoms with van der Waals surface area (Å²) >= 11 is 12.9. The molecule has 0 atom stereocenters. The summed E-state index contributed by atoms with van der Waals surface area (Å²) in [6.45, 7) is 5.82. The summed E-state index contributed by atoms with van der Waals surface area (Å²) in [7, 11) is 0. The third-order valence-electron chi connectivity index (χ3n) is 6.89. The minimum Gasteiger partial charge on any atom is -0.491 e. The molecule has 2 aromatic carbocycles. The average Bonchev–Trinajstić information content (AvgIpc) is 3.72. The molecule has 169 valence electrons. The Hall–Kier alpha value is -1.91. The Kier molecular flexibility index (Phi) is 6.02. The van der Waals surface area contributed by atoms with E-state index in [4.69, 9.17) is 27.9 Å². The first-order valence-electron chi connectivity index (χ1n) is 11.6. The lowest BCUT2D eigenvalue weighted by molar-refractivity contribution is -0.124. The van der Waals surface area contributed by atoms with Crippen LogP contribution in [-0.4, -0.2) is 31.6 Å². The van der Waals surface area contributed by atoms with Gasteiger partial charge < -0.3 is 14.5 Å². The topological polar surface area (TPSA) is 32.8 Å². The Labute approximate surface area is 200 Å². The van der Waals surface area contributed by atoms with Gasteiger partial charge in [-0.25, -0.2) is 0 Å². The van der Waals surface area contributed by atoms with Crippen LogP contribution in [0.15, 0.2) is 36.4 Å². The van der Waals surface area contributed by atoms with Gasteiger partial charge in [0.05, 0.1) is 21.8 Å². The molecule has 1 amide bonds. The molecule has 0 aromatic heterocycles. The quantitative estimate of drug-likeness (QED) is 0.451. The number of hydrogen-bond donors (Lipinski definition) is 0. The number of para-hydroxylation sites is 2. The van der Waals surface area contributed by atoms with E-state index in [9.17, 15) is 4.79 Å². The molecule has 2 fully saturated rings. The first-order chi connectivity index (χ1) is 15.5. The van der Waals surface area contributed by atoms with Gasteiger partial charge in [0, 0.05) is 30.2 Å². The van der Waals surface area contributed by atoms with Gasteiger partial charge in [0.25, 0.3) is 0 Å². The van der Waals surface area contributed by atoms with Gasteiger partial charge in [-0.2, -0.15) is 0 Å². The third kappa shape index (κ3) is 4.20. The van der Waals surface area contributed by atoms with Crippen LogP contribution >= 0.6 is 23.2 Å². The Morgan fingerprint density at radius 1 is 1.09 bits per heavy atom. The van der Waals surface area contributed by atoms with Crippen LogP contribution < -0.4 is 14.5 Å². The number of amides is 1. The lowest BCUT2D eigenvalue weighted by Crippen LogP contribution is -2.48. The molecular formula is C26H29Cl2N2O2. The normalized spacial score (nSPS) is 19.0. The fourth-order valence-corrected chi connectivity index (χ4v) is 5.11. The molecule has 0 N–H and O–H groups in total. The van der Waals surface area contributed by atoms with Crippen LogP contribution in [0.2, 0.25) is 10.0 Å². The van der Waals surface area contributed by atoms with Crippen LogP contribution in [0, 0.1) is 12.3 Å². The fourth-order valence-electron chi connectivity index (χ4n) is 4.62. The average molecular weight is 472 g/mol. The van der Waals surface area contributed by atoms with Crippen molar-refractivity contribution in [1.82, 2.24) is 0 Å². The molecule has 0 spiro atoms. The molecule has 0 bridgehead atoms. The van der Waals surface area contributed by atoms with Gasteiger partial charge >= 0.3 is 0 Å². The van der Waals surface area contributed by atoms with Gasteiger partial charge in [-0.15, -0.1) is 0 Å². The van der Waals surface area contributed by atoms with Crippen molar-refractivity contribution in [3.05, 3.63) is 58.9 Å². The minimum atomic E-state index is -0.475. The summed E-state index contributed by atoms with van der Waals surface area (Å²) in [5.74, 6) is 0.711. The molecule has 0 unspecified atom stereocenters. The van der Waals surface area contributed by atoms with E-state index in [1.165, 1.54) is 18.5 Å². The first kappa shape index (κ1) is 21.9. The molecule has 2 aromatic rings. The van der Waals surface area contributed by atoms with Crippen LogP contribution in [0.1, 0.15) is 44.1 Å². The number of unbranched alkanes of at least 4 members (excludes halogenated alkanes) is 1. The van der Waals surface area contributed by atoms with Crippen LogP contribution in [0.4, 0.5) is 11.4 Å². The lowest BCUT2D eigenvalue weighted by Gasteiger charge is -2.39. The molecule has 32 heavy (non-hydrogen) atoms. The zero-order valence-corrected chi connectivity index (χ0v) is 19.8. The van der Waals surface area contributed by atoms with Gasteiger partial charge in [0.1, 0.15) is 12.4 Å². The molecular weight excluding hydrogens is 443 g/mol. The highest BCUT2D eigenvalue weighted by atomic mass is 35.5. The van der Waals surface area contributed by atoms with Crippen molar-refractivity contribution in [3.8, 4) is 5.75 Å². The molecule has 2 aliphatic carbocycles. The van der Waals surface area contributed by atoms with Crippen LogP contribution in [-0.2, 0) is 11.2 Å². The standard InChI is InChI=1S/C26H29Cl2N2O2/c1-2-3-6-18-15-21(28)24(16-20(18)27)32-17-26(11-12-26)25(31)30-14-13-29(19-9-10-19)22-7-4-5-8-23(22)30/h4-5,7-8,15-16,19H,1-3,6,9-14,17H2. The van der Waals surface area contributed by atoms with Crippen LogP contribution in [0.25, 0.3) is 0 Å². The van der Waals surface area contributed by atoms with E-state index in [0.717, 1.165) is 56.4 Å². The van der Waals surface area contributed by atoms with E-state index in [0.29, 0.717) is 28.4 Å². The Morgan fingerprint density at radius 3 is 2.53 bits per heavy atom.